The van der Waals surface area contributed by atoms with Gasteiger partial charge in [-0.25, -0.2) is 4.79 Å². The van der Waals surface area contributed by atoms with E-state index in [-0.39, 0.29) is 0 Å². The summed E-state index contributed by atoms with van der Waals surface area (Å²) in [6.45, 7) is 7.28. The lowest BCUT2D eigenvalue weighted by Crippen LogP contribution is -2.03. The Morgan fingerprint density at radius 1 is 1.28 bits per heavy atom. The van der Waals surface area contributed by atoms with Crippen molar-refractivity contribution in [3.05, 3.63) is 35.0 Å². The van der Waals surface area contributed by atoms with Crippen LogP contribution >= 0.6 is 0 Å². The molecule has 0 spiro atoms. The summed E-state index contributed by atoms with van der Waals surface area (Å²) in [7, 11) is 0. The number of benzene rings is 1. The fourth-order valence-electron chi connectivity index (χ4n) is 2.54. The number of hydrogen-bond donors (Lipinski definition) is 1. The van der Waals surface area contributed by atoms with Crippen LogP contribution in [0.25, 0.3) is 10.9 Å². The topological polar surface area (TPSA) is 42.2 Å². The van der Waals surface area contributed by atoms with Crippen LogP contribution in [0.1, 0.15) is 41.9 Å². The van der Waals surface area contributed by atoms with Crippen LogP contribution in [0, 0.1) is 6.92 Å². The van der Waals surface area contributed by atoms with Gasteiger partial charge in [0.15, 0.2) is 0 Å². The summed E-state index contributed by atoms with van der Waals surface area (Å²) in [5.74, 6) is -0.854. The predicted octanol–water partition coefficient (Wildman–Crippen LogP) is 3.62. The molecule has 1 aromatic carbocycles. The summed E-state index contributed by atoms with van der Waals surface area (Å²) >= 11 is 0. The number of aryl methyl sites for hydroxylation is 3. The van der Waals surface area contributed by atoms with Crippen molar-refractivity contribution in [3.63, 3.8) is 0 Å². The molecular weight excluding hydrogens is 226 g/mol. The number of aromatic nitrogens is 1. The molecule has 1 N–H and O–H groups in total. The van der Waals surface area contributed by atoms with Gasteiger partial charge in [-0.3, -0.25) is 0 Å². The van der Waals surface area contributed by atoms with Gasteiger partial charge in [0.2, 0.25) is 0 Å². The van der Waals surface area contributed by atoms with E-state index in [1.807, 2.05) is 0 Å². The highest BCUT2D eigenvalue weighted by Gasteiger charge is 2.13. The number of nitrogens with zero attached hydrogens (tertiary/aromatic N) is 1. The molecular formula is C15H19NO2. The molecule has 0 amide bonds. The summed E-state index contributed by atoms with van der Waals surface area (Å²) < 4.78 is 2.29. The monoisotopic (exact) mass is 245 g/mol. The molecule has 18 heavy (non-hydrogen) atoms. The molecule has 3 heteroatoms. The Balaban J connectivity index is 2.75. The van der Waals surface area contributed by atoms with E-state index in [2.05, 4.69) is 31.4 Å². The van der Waals surface area contributed by atoms with Gasteiger partial charge in [0, 0.05) is 17.6 Å². The maximum atomic E-state index is 11.1. The Hall–Kier alpha value is -1.77. The van der Waals surface area contributed by atoms with Gasteiger partial charge >= 0.3 is 5.97 Å². The van der Waals surface area contributed by atoms with E-state index in [0.717, 1.165) is 30.3 Å². The number of carbonyl (C=O) groups is 1. The minimum atomic E-state index is -0.854. The van der Waals surface area contributed by atoms with Crippen molar-refractivity contribution in [3.8, 4) is 0 Å². The number of hydrogen-bond acceptors (Lipinski definition) is 1. The molecule has 96 valence electrons. The first-order valence-corrected chi connectivity index (χ1v) is 6.44. The molecule has 0 saturated heterocycles. The number of carboxylic acid groups (broad SMARTS) is 1. The van der Waals surface area contributed by atoms with E-state index in [1.165, 1.54) is 11.2 Å². The molecule has 2 rings (SSSR count). The summed E-state index contributed by atoms with van der Waals surface area (Å²) in [5, 5.41) is 10.2. The Bertz CT molecular complexity index is 596. The number of aromatic carboxylic acids is 1. The molecule has 0 aliphatic rings. The Labute approximate surface area is 107 Å². The van der Waals surface area contributed by atoms with E-state index < -0.39 is 5.97 Å². The first-order valence-electron chi connectivity index (χ1n) is 6.44. The lowest BCUT2D eigenvalue weighted by molar-refractivity contribution is 0.0697. The van der Waals surface area contributed by atoms with Gasteiger partial charge < -0.3 is 9.67 Å². The molecule has 3 nitrogen and oxygen atoms in total. The zero-order valence-electron chi connectivity index (χ0n) is 11.2. The molecule has 1 aromatic heterocycles. The fourth-order valence-corrected chi connectivity index (χ4v) is 2.54. The lowest BCUT2D eigenvalue weighted by Gasteiger charge is -2.10. The first kappa shape index (κ1) is 12.7. The van der Waals surface area contributed by atoms with Gasteiger partial charge in [-0.05, 0) is 43.5 Å². The minimum Gasteiger partial charge on any atom is -0.478 e. The van der Waals surface area contributed by atoms with Crippen LogP contribution in [0.5, 0.6) is 0 Å². The molecule has 0 unspecified atom stereocenters. The summed E-state index contributed by atoms with van der Waals surface area (Å²) in [6, 6.07) is 5.66. The maximum Gasteiger partial charge on any atom is 0.335 e. The highest BCUT2D eigenvalue weighted by molar-refractivity contribution is 5.95. The Morgan fingerprint density at radius 3 is 2.56 bits per heavy atom. The predicted molar refractivity (Wildman–Crippen MR) is 73.3 cm³/mol. The van der Waals surface area contributed by atoms with Gasteiger partial charge in [0.25, 0.3) is 0 Å². The van der Waals surface area contributed by atoms with E-state index in [9.17, 15) is 4.79 Å². The quantitative estimate of drug-likeness (QED) is 0.893. The van der Waals surface area contributed by atoms with E-state index in [1.54, 1.807) is 12.1 Å². The second kappa shape index (κ2) is 4.84. The van der Waals surface area contributed by atoms with Crippen molar-refractivity contribution in [2.75, 3.05) is 0 Å². The van der Waals surface area contributed by atoms with Crippen molar-refractivity contribution >= 4 is 16.9 Å². The third-order valence-electron chi connectivity index (χ3n) is 3.35. The van der Waals surface area contributed by atoms with Crippen LogP contribution in [-0.2, 0) is 13.0 Å². The SMILES string of the molecule is CCCn1c(C)cc2cc(C(=O)O)cc(CC)c21. The van der Waals surface area contributed by atoms with Crippen LogP contribution < -0.4 is 0 Å². The Morgan fingerprint density at radius 2 is 2.00 bits per heavy atom. The smallest absolute Gasteiger partial charge is 0.335 e. The van der Waals surface area contributed by atoms with Crippen molar-refractivity contribution in [2.24, 2.45) is 0 Å². The molecule has 0 aliphatic heterocycles. The molecule has 0 saturated carbocycles. The van der Waals surface area contributed by atoms with Crippen LogP contribution in [0.4, 0.5) is 0 Å². The number of carboxylic acids is 1. The highest BCUT2D eigenvalue weighted by Crippen LogP contribution is 2.26. The zero-order chi connectivity index (χ0) is 13.3. The molecule has 0 atom stereocenters. The van der Waals surface area contributed by atoms with Gasteiger partial charge in [-0.15, -0.1) is 0 Å². The molecule has 0 bridgehead atoms. The first-order chi connectivity index (χ1) is 8.58. The van der Waals surface area contributed by atoms with Crippen LogP contribution in [0.15, 0.2) is 18.2 Å². The molecule has 2 aromatic rings. The second-order valence-corrected chi connectivity index (χ2v) is 4.67. The van der Waals surface area contributed by atoms with Crippen molar-refractivity contribution < 1.29 is 9.90 Å². The van der Waals surface area contributed by atoms with E-state index in [4.69, 9.17) is 5.11 Å². The molecule has 0 aliphatic carbocycles. The van der Waals surface area contributed by atoms with Crippen LogP contribution in [-0.4, -0.2) is 15.6 Å². The average Bonchev–Trinajstić information content (AvgIpc) is 2.65. The maximum absolute atomic E-state index is 11.1. The van der Waals surface area contributed by atoms with Crippen LogP contribution in [0.2, 0.25) is 0 Å². The van der Waals surface area contributed by atoms with Crippen molar-refractivity contribution in [2.45, 2.75) is 40.2 Å². The van der Waals surface area contributed by atoms with Crippen LogP contribution in [0.3, 0.4) is 0 Å². The highest BCUT2D eigenvalue weighted by atomic mass is 16.4. The van der Waals surface area contributed by atoms with Crippen molar-refractivity contribution in [1.29, 1.82) is 0 Å². The second-order valence-electron chi connectivity index (χ2n) is 4.67. The third-order valence-corrected chi connectivity index (χ3v) is 3.35. The lowest BCUT2D eigenvalue weighted by atomic mass is 10.0. The van der Waals surface area contributed by atoms with Gasteiger partial charge in [0.05, 0.1) is 11.1 Å². The van der Waals surface area contributed by atoms with E-state index in [0.29, 0.717) is 5.56 Å². The van der Waals surface area contributed by atoms with Gasteiger partial charge in [-0.2, -0.15) is 0 Å². The van der Waals surface area contributed by atoms with Gasteiger partial charge in [0.1, 0.15) is 0 Å². The Kier molecular flexibility index (Phi) is 3.41. The zero-order valence-corrected chi connectivity index (χ0v) is 11.2. The minimum absolute atomic E-state index is 0.382. The average molecular weight is 245 g/mol. The standard InChI is InChI=1S/C15H19NO2/c1-4-6-16-10(3)7-12-9-13(15(17)18)8-11(5-2)14(12)16/h7-9H,4-6H2,1-3H3,(H,17,18). The largest absolute Gasteiger partial charge is 0.478 e. The van der Waals surface area contributed by atoms with Gasteiger partial charge in [-0.1, -0.05) is 13.8 Å². The number of rotatable bonds is 4. The van der Waals surface area contributed by atoms with Crippen molar-refractivity contribution in [1.82, 2.24) is 4.57 Å². The summed E-state index contributed by atoms with van der Waals surface area (Å²) in [6.07, 6.45) is 1.93. The fraction of sp³-hybridized carbons (Fsp3) is 0.400. The van der Waals surface area contributed by atoms with E-state index >= 15 is 0 Å². The molecule has 0 radical (unpaired) electrons. The summed E-state index contributed by atoms with van der Waals surface area (Å²) in [4.78, 5) is 11.1. The molecule has 0 fully saturated rings. The third kappa shape index (κ3) is 2.01. The normalized spacial score (nSPS) is 11.1. The number of fused-ring (bicyclic) bond motifs is 1. The molecule has 1 heterocycles. The summed E-state index contributed by atoms with van der Waals surface area (Å²) in [5.41, 5.74) is 3.89.